The number of hydrogen-bond donors (Lipinski definition) is 2. The van der Waals surface area contributed by atoms with Crippen molar-refractivity contribution in [2.75, 3.05) is 31.1 Å². The van der Waals surface area contributed by atoms with Crippen molar-refractivity contribution >= 4 is 22.6 Å². The molecule has 148 valence electrons. The van der Waals surface area contributed by atoms with Crippen molar-refractivity contribution in [2.24, 2.45) is 5.92 Å². The summed E-state index contributed by atoms with van der Waals surface area (Å²) in [5.74, 6) is -0.941. The quantitative estimate of drug-likeness (QED) is 0.820. The fraction of sp³-hybridized carbons (Fsp3) is 0.500. The summed E-state index contributed by atoms with van der Waals surface area (Å²) in [6, 6.07) is 2.57. The lowest BCUT2D eigenvalue weighted by atomic mass is 9.94. The molecule has 3 aliphatic rings. The van der Waals surface area contributed by atoms with Gasteiger partial charge in [-0.1, -0.05) is 0 Å². The van der Waals surface area contributed by atoms with E-state index in [4.69, 9.17) is 4.74 Å². The second-order valence-electron chi connectivity index (χ2n) is 8.04. The lowest BCUT2D eigenvalue weighted by Gasteiger charge is -2.31. The Bertz CT molecular complexity index is 1040. The number of anilines is 1. The molecule has 1 aromatic heterocycles. The average Bonchev–Trinajstić information content (AvgIpc) is 3.08. The smallest absolute Gasteiger partial charge is 0.341 e. The van der Waals surface area contributed by atoms with Crippen LogP contribution in [0, 0.1) is 11.7 Å². The van der Waals surface area contributed by atoms with Gasteiger partial charge in [-0.2, -0.15) is 0 Å². The van der Waals surface area contributed by atoms with Gasteiger partial charge in [-0.15, -0.1) is 0 Å². The van der Waals surface area contributed by atoms with Crippen LogP contribution >= 0.6 is 0 Å². The first-order valence-corrected chi connectivity index (χ1v) is 9.72. The molecule has 4 heterocycles. The normalized spacial score (nSPS) is 26.2. The zero-order valence-electron chi connectivity index (χ0n) is 15.6. The highest BCUT2D eigenvalue weighted by molar-refractivity contribution is 5.97. The summed E-state index contributed by atoms with van der Waals surface area (Å²) in [4.78, 5) is 26.3. The minimum Gasteiger partial charge on any atom is -0.487 e. The van der Waals surface area contributed by atoms with Crippen LogP contribution in [0.2, 0.25) is 0 Å². The van der Waals surface area contributed by atoms with Crippen LogP contribution in [0.15, 0.2) is 16.9 Å². The maximum Gasteiger partial charge on any atom is 0.341 e. The van der Waals surface area contributed by atoms with Crippen molar-refractivity contribution in [2.45, 2.75) is 31.8 Å². The maximum absolute atomic E-state index is 15.2. The predicted octanol–water partition coefficient (Wildman–Crippen LogP) is 1.98. The highest BCUT2D eigenvalue weighted by Crippen LogP contribution is 2.44. The number of benzene rings is 1. The van der Waals surface area contributed by atoms with Crippen molar-refractivity contribution in [3.05, 3.63) is 33.9 Å². The van der Waals surface area contributed by atoms with Crippen molar-refractivity contribution < 1.29 is 19.0 Å². The van der Waals surface area contributed by atoms with Crippen LogP contribution in [0.1, 0.15) is 36.2 Å². The molecule has 7 nitrogen and oxygen atoms in total. The molecular formula is C20H22FN3O4. The number of carboxylic acid groups (broad SMARTS) is 1. The Balaban J connectivity index is 1.73. The first-order chi connectivity index (χ1) is 13.5. The van der Waals surface area contributed by atoms with Gasteiger partial charge in [-0.25, -0.2) is 9.18 Å². The number of rotatable bonds is 2. The summed E-state index contributed by atoms with van der Waals surface area (Å²) < 4.78 is 22.6. The van der Waals surface area contributed by atoms with Gasteiger partial charge in [0.2, 0.25) is 0 Å². The number of fused-ring (bicyclic) bond motifs is 1. The van der Waals surface area contributed by atoms with Crippen molar-refractivity contribution in [1.82, 2.24) is 9.88 Å². The topological polar surface area (TPSA) is 83.8 Å². The third kappa shape index (κ3) is 2.44. The van der Waals surface area contributed by atoms with E-state index in [0.717, 1.165) is 25.9 Å². The van der Waals surface area contributed by atoms with Gasteiger partial charge in [0.15, 0.2) is 11.6 Å². The fourth-order valence-electron chi connectivity index (χ4n) is 4.94. The van der Waals surface area contributed by atoms with Crippen molar-refractivity contribution in [3.63, 3.8) is 0 Å². The van der Waals surface area contributed by atoms with Gasteiger partial charge in [0.1, 0.15) is 17.9 Å². The van der Waals surface area contributed by atoms with E-state index >= 15 is 4.39 Å². The number of pyridine rings is 1. The summed E-state index contributed by atoms with van der Waals surface area (Å²) in [5.41, 5.74) is -0.0677. The third-order valence-electron chi connectivity index (χ3n) is 6.26. The molecule has 28 heavy (non-hydrogen) atoms. The van der Waals surface area contributed by atoms with E-state index in [2.05, 4.69) is 5.32 Å². The van der Waals surface area contributed by atoms with Crippen LogP contribution in [0.5, 0.6) is 5.75 Å². The number of aromatic carboxylic acids is 1. The zero-order valence-corrected chi connectivity index (χ0v) is 15.6. The van der Waals surface area contributed by atoms with E-state index in [-0.39, 0.29) is 18.2 Å². The summed E-state index contributed by atoms with van der Waals surface area (Å²) in [5, 5.41) is 13.3. The van der Waals surface area contributed by atoms with Crippen LogP contribution < -0.4 is 20.5 Å². The Hall–Kier alpha value is -2.61. The minimum atomic E-state index is -1.31. The molecule has 1 aromatic carbocycles. The molecule has 2 aromatic rings. The summed E-state index contributed by atoms with van der Waals surface area (Å²) in [6.45, 7) is 4.40. The standard InChI is InChI=1S/C20H22FN3O4/c1-10-9-28-18-16-12(5-13(20(26)27)19(25)24(10)16)6-14(21)17(18)23-7-11-3-2-4-22-15(11)8-23/h5-6,10-11,15,22H,2-4,7-9H2,1H3,(H,26,27)/t10-,11-,15+/m0/s1. The monoisotopic (exact) mass is 387 g/mol. The number of hydrogen-bond acceptors (Lipinski definition) is 5. The summed E-state index contributed by atoms with van der Waals surface area (Å²) in [6.07, 6.45) is 2.23. The van der Waals surface area contributed by atoms with Gasteiger partial charge < -0.3 is 20.1 Å². The Kier molecular flexibility index (Phi) is 3.87. The van der Waals surface area contributed by atoms with E-state index in [1.165, 1.54) is 16.7 Å². The van der Waals surface area contributed by atoms with Gasteiger partial charge in [0.25, 0.3) is 5.56 Å². The molecule has 0 spiro atoms. The highest BCUT2D eigenvalue weighted by Gasteiger charge is 2.38. The first-order valence-electron chi connectivity index (χ1n) is 9.72. The highest BCUT2D eigenvalue weighted by atomic mass is 19.1. The Morgan fingerprint density at radius 3 is 2.93 bits per heavy atom. The molecule has 0 saturated carbocycles. The Morgan fingerprint density at radius 1 is 1.36 bits per heavy atom. The summed E-state index contributed by atoms with van der Waals surface area (Å²) >= 11 is 0. The molecule has 3 aliphatic heterocycles. The number of carboxylic acids is 1. The lowest BCUT2D eigenvalue weighted by molar-refractivity contribution is 0.0694. The molecular weight excluding hydrogens is 365 g/mol. The molecule has 2 fully saturated rings. The van der Waals surface area contributed by atoms with Gasteiger partial charge in [0.05, 0.1) is 11.6 Å². The van der Waals surface area contributed by atoms with Gasteiger partial charge in [-0.3, -0.25) is 9.36 Å². The van der Waals surface area contributed by atoms with Crippen LogP contribution in [-0.2, 0) is 0 Å². The van der Waals surface area contributed by atoms with Crippen LogP contribution in [0.4, 0.5) is 10.1 Å². The number of ether oxygens (including phenoxy) is 1. The average molecular weight is 387 g/mol. The molecule has 0 radical (unpaired) electrons. The van der Waals surface area contributed by atoms with E-state index in [1.807, 2.05) is 4.90 Å². The lowest BCUT2D eigenvalue weighted by Crippen LogP contribution is -2.40. The number of aromatic nitrogens is 1. The molecule has 5 rings (SSSR count). The molecule has 8 heteroatoms. The van der Waals surface area contributed by atoms with Crippen molar-refractivity contribution in [3.8, 4) is 5.75 Å². The van der Waals surface area contributed by atoms with Gasteiger partial charge in [0, 0.05) is 24.5 Å². The molecule has 2 saturated heterocycles. The van der Waals surface area contributed by atoms with Gasteiger partial charge in [-0.05, 0) is 44.4 Å². The second-order valence-corrected chi connectivity index (χ2v) is 8.04. The first kappa shape index (κ1) is 17.5. The molecule has 0 bridgehead atoms. The number of halogens is 1. The number of carbonyl (C=O) groups is 1. The molecule has 0 unspecified atom stereocenters. The zero-order chi connectivity index (χ0) is 19.6. The Labute approximate surface area is 160 Å². The molecule has 0 aliphatic carbocycles. The predicted molar refractivity (Wildman–Crippen MR) is 102 cm³/mol. The Morgan fingerprint density at radius 2 is 2.18 bits per heavy atom. The van der Waals surface area contributed by atoms with E-state index in [9.17, 15) is 14.7 Å². The maximum atomic E-state index is 15.2. The second kappa shape index (κ2) is 6.20. The van der Waals surface area contributed by atoms with E-state index in [0.29, 0.717) is 40.8 Å². The minimum absolute atomic E-state index is 0.195. The van der Waals surface area contributed by atoms with Crippen LogP contribution in [0.3, 0.4) is 0 Å². The number of nitrogens with one attached hydrogen (secondary N) is 1. The largest absolute Gasteiger partial charge is 0.487 e. The van der Waals surface area contributed by atoms with Crippen LogP contribution in [-0.4, -0.2) is 47.9 Å². The van der Waals surface area contributed by atoms with Crippen LogP contribution in [0.25, 0.3) is 10.9 Å². The van der Waals surface area contributed by atoms with E-state index < -0.39 is 17.3 Å². The number of piperidine rings is 1. The fourth-order valence-corrected chi connectivity index (χ4v) is 4.94. The SMILES string of the molecule is C[C@H]1COc2c(N3C[C@@H]4CCCN[C@@H]4C3)c(F)cc3cc(C(=O)O)c(=O)n1c23. The number of nitrogens with zero attached hydrogens (tertiary/aromatic N) is 2. The van der Waals surface area contributed by atoms with E-state index in [1.54, 1.807) is 6.92 Å². The van der Waals surface area contributed by atoms with Gasteiger partial charge >= 0.3 is 5.97 Å². The molecule has 3 atom stereocenters. The molecule has 0 amide bonds. The van der Waals surface area contributed by atoms with Crippen molar-refractivity contribution in [1.29, 1.82) is 0 Å². The third-order valence-corrected chi connectivity index (χ3v) is 6.26. The summed E-state index contributed by atoms with van der Waals surface area (Å²) in [7, 11) is 0. The molecule has 2 N–H and O–H groups in total.